The van der Waals surface area contributed by atoms with Gasteiger partial charge in [-0.3, -0.25) is 4.68 Å². The highest BCUT2D eigenvalue weighted by Crippen LogP contribution is 2.28. The molecule has 0 saturated heterocycles. The first-order valence-corrected chi connectivity index (χ1v) is 8.52. The molecular weight excluding hydrogens is 256 g/mol. The molecule has 1 saturated carbocycles. The summed E-state index contributed by atoms with van der Waals surface area (Å²) < 4.78 is 1.88. The lowest BCUT2D eigenvalue weighted by atomic mass is 10.0. The third-order valence-corrected chi connectivity index (χ3v) is 5.35. The minimum Gasteiger partial charge on any atom is -0.313 e. The monoisotopic (exact) mass is 282 g/mol. The molecule has 5 heteroatoms. The van der Waals surface area contributed by atoms with Crippen molar-refractivity contribution in [2.75, 3.05) is 12.3 Å². The lowest BCUT2D eigenvalue weighted by Crippen LogP contribution is -2.35. The molecule has 0 aliphatic heterocycles. The van der Waals surface area contributed by atoms with Gasteiger partial charge in [-0.15, -0.1) is 0 Å². The van der Waals surface area contributed by atoms with Crippen LogP contribution >= 0.6 is 11.8 Å². The number of hydrogen-bond acceptors (Lipinski definition) is 4. The first-order chi connectivity index (χ1) is 9.29. The lowest BCUT2D eigenvalue weighted by molar-refractivity contribution is 0.510. The van der Waals surface area contributed by atoms with Crippen LogP contribution in [0.1, 0.15) is 44.9 Å². The Hall–Kier alpha value is -0.550. The summed E-state index contributed by atoms with van der Waals surface area (Å²) in [5, 5.41) is 8.62. The second-order valence-corrected chi connectivity index (χ2v) is 6.69. The molecule has 4 nitrogen and oxygen atoms in total. The largest absolute Gasteiger partial charge is 0.313 e. The van der Waals surface area contributed by atoms with Crippen LogP contribution in [0.5, 0.6) is 0 Å². The number of aromatic nitrogens is 3. The molecule has 0 aromatic carbocycles. The highest BCUT2D eigenvalue weighted by atomic mass is 32.2. The Morgan fingerprint density at radius 3 is 2.84 bits per heavy atom. The highest BCUT2D eigenvalue weighted by Gasteiger charge is 2.17. The molecule has 1 atom stereocenters. The first-order valence-electron chi connectivity index (χ1n) is 7.47. The van der Waals surface area contributed by atoms with Crippen LogP contribution < -0.4 is 5.32 Å². The molecule has 1 aliphatic rings. The van der Waals surface area contributed by atoms with E-state index in [1.54, 1.807) is 6.33 Å². The Kier molecular flexibility index (Phi) is 6.17. The predicted molar refractivity (Wildman–Crippen MR) is 81.5 cm³/mol. The van der Waals surface area contributed by atoms with E-state index in [9.17, 15) is 0 Å². The standard InChI is InChI=1S/C14H26N4S/c1-3-15-12(9-14-16-11-17-18(14)2)10-19-13-7-5-4-6-8-13/h11-13,15H,3-10H2,1-2H3. The van der Waals surface area contributed by atoms with Crippen molar-refractivity contribution in [1.29, 1.82) is 0 Å². The van der Waals surface area contributed by atoms with Crippen molar-refractivity contribution in [3.63, 3.8) is 0 Å². The lowest BCUT2D eigenvalue weighted by Gasteiger charge is -2.24. The van der Waals surface area contributed by atoms with Gasteiger partial charge in [-0.25, -0.2) is 4.98 Å². The minimum absolute atomic E-state index is 0.514. The summed E-state index contributed by atoms with van der Waals surface area (Å²) >= 11 is 2.15. The summed E-state index contributed by atoms with van der Waals surface area (Å²) in [6.45, 7) is 3.20. The second-order valence-electron chi connectivity index (χ2n) is 5.35. The molecule has 1 fully saturated rings. The van der Waals surface area contributed by atoms with Gasteiger partial charge in [0, 0.05) is 30.5 Å². The van der Waals surface area contributed by atoms with E-state index < -0.39 is 0 Å². The summed E-state index contributed by atoms with van der Waals surface area (Å²) in [4.78, 5) is 4.34. The van der Waals surface area contributed by atoms with E-state index in [4.69, 9.17) is 0 Å². The molecule has 1 aromatic heterocycles. The van der Waals surface area contributed by atoms with Crippen LogP contribution in [-0.4, -0.2) is 38.4 Å². The summed E-state index contributed by atoms with van der Waals surface area (Å²) in [6.07, 6.45) is 9.73. The SMILES string of the molecule is CCNC(CSC1CCCCC1)Cc1ncnn1C. The van der Waals surface area contributed by atoms with Crippen LogP contribution in [0, 0.1) is 0 Å². The fourth-order valence-corrected chi connectivity index (χ4v) is 4.09. The molecule has 0 bridgehead atoms. The fourth-order valence-electron chi connectivity index (χ4n) is 2.69. The third kappa shape index (κ3) is 4.80. The Morgan fingerprint density at radius 1 is 1.42 bits per heavy atom. The quantitative estimate of drug-likeness (QED) is 0.834. The fraction of sp³-hybridized carbons (Fsp3) is 0.857. The van der Waals surface area contributed by atoms with Crippen molar-refractivity contribution in [3.05, 3.63) is 12.2 Å². The van der Waals surface area contributed by atoms with Gasteiger partial charge >= 0.3 is 0 Å². The Morgan fingerprint density at radius 2 is 2.21 bits per heavy atom. The molecular formula is C14H26N4S. The number of likely N-dealkylation sites (N-methyl/N-ethyl adjacent to an activating group) is 1. The average molecular weight is 282 g/mol. The van der Waals surface area contributed by atoms with Gasteiger partial charge in [0.05, 0.1) is 0 Å². The van der Waals surface area contributed by atoms with E-state index in [-0.39, 0.29) is 0 Å². The van der Waals surface area contributed by atoms with Gasteiger partial charge in [0.2, 0.25) is 0 Å². The topological polar surface area (TPSA) is 42.7 Å². The molecule has 2 rings (SSSR count). The molecule has 1 aromatic rings. The number of aryl methyl sites for hydroxylation is 1. The van der Waals surface area contributed by atoms with Crippen molar-refractivity contribution >= 4 is 11.8 Å². The van der Waals surface area contributed by atoms with E-state index >= 15 is 0 Å². The Bertz CT molecular complexity index is 360. The third-order valence-electron chi connectivity index (χ3n) is 3.81. The van der Waals surface area contributed by atoms with Crippen LogP contribution in [0.4, 0.5) is 0 Å². The average Bonchev–Trinajstić information content (AvgIpc) is 2.83. The molecule has 0 radical (unpaired) electrons. The van der Waals surface area contributed by atoms with E-state index in [1.807, 2.05) is 11.7 Å². The van der Waals surface area contributed by atoms with Crippen molar-refractivity contribution in [1.82, 2.24) is 20.1 Å². The molecule has 0 amide bonds. The highest BCUT2D eigenvalue weighted by molar-refractivity contribution is 7.99. The molecule has 1 aliphatic carbocycles. The molecule has 1 heterocycles. The summed E-state index contributed by atoms with van der Waals surface area (Å²) in [5.74, 6) is 2.26. The van der Waals surface area contributed by atoms with E-state index in [2.05, 4.69) is 34.1 Å². The molecule has 108 valence electrons. The summed E-state index contributed by atoms with van der Waals surface area (Å²) in [5.41, 5.74) is 0. The van der Waals surface area contributed by atoms with Crippen molar-refractivity contribution < 1.29 is 0 Å². The number of hydrogen-bond donors (Lipinski definition) is 1. The van der Waals surface area contributed by atoms with Gasteiger partial charge in [0.1, 0.15) is 12.2 Å². The van der Waals surface area contributed by atoms with Gasteiger partial charge < -0.3 is 5.32 Å². The molecule has 1 unspecified atom stereocenters. The van der Waals surface area contributed by atoms with Gasteiger partial charge in [0.15, 0.2) is 0 Å². The minimum atomic E-state index is 0.514. The number of nitrogens with one attached hydrogen (secondary N) is 1. The van der Waals surface area contributed by atoms with Crippen LogP contribution in [-0.2, 0) is 13.5 Å². The molecule has 19 heavy (non-hydrogen) atoms. The zero-order valence-electron chi connectivity index (χ0n) is 12.1. The normalized spacial score (nSPS) is 18.6. The van der Waals surface area contributed by atoms with Gasteiger partial charge in [-0.1, -0.05) is 26.2 Å². The number of rotatable bonds is 7. The Labute approximate surface area is 120 Å². The van der Waals surface area contributed by atoms with E-state index in [0.29, 0.717) is 6.04 Å². The Balaban J connectivity index is 1.80. The van der Waals surface area contributed by atoms with E-state index in [0.717, 1.165) is 24.0 Å². The van der Waals surface area contributed by atoms with Gasteiger partial charge in [-0.2, -0.15) is 16.9 Å². The summed E-state index contributed by atoms with van der Waals surface area (Å²) in [7, 11) is 1.97. The molecule has 1 N–H and O–H groups in total. The van der Waals surface area contributed by atoms with Crippen LogP contribution in [0.3, 0.4) is 0 Å². The van der Waals surface area contributed by atoms with Crippen molar-refractivity contribution in [3.8, 4) is 0 Å². The predicted octanol–water partition coefficient (Wildman–Crippen LogP) is 2.40. The van der Waals surface area contributed by atoms with Crippen LogP contribution in [0.15, 0.2) is 6.33 Å². The van der Waals surface area contributed by atoms with Crippen molar-refractivity contribution in [2.24, 2.45) is 7.05 Å². The zero-order chi connectivity index (χ0) is 13.5. The maximum absolute atomic E-state index is 4.34. The summed E-state index contributed by atoms with van der Waals surface area (Å²) in [6, 6.07) is 0.514. The number of nitrogens with zero attached hydrogens (tertiary/aromatic N) is 3. The second kappa shape index (κ2) is 7.90. The van der Waals surface area contributed by atoms with Crippen LogP contribution in [0.25, 0.3) is 0 Å². The first kappa shape index (κ1) is 14.9. The van der Waals surface area contributed by atoms with Gasteiger partial charge in [-0.05, 0) is 19.4 Å². The zero-order valence-corrected chi connectivity index (χ0v) is 13.0. The molecule has 0 spiro atoms. The van der Waals surface area contributed by atoms with Crippen LogP contribution in [0.2, 0.25) is 0 Å². The number of thioether (sulfide) groups is 1. The van der Waals surface area contributed by atoms with E-state index in [1.165, 1.54) is 37.9 Å². The smallest absolute Gasteiger partial charge is 0.138 e. The maximum atomic E-state index is 4.34. The van der Waals surface area contributed by atoms with Gasteiger partial charge in [0.25, 0.3) is 0 Å². The van der Waals surface area contributed by atoms with Crippen molar-refractivity contribution in [2.45, 2.75) is 56.7 Å². The maximum Gasteiger partial charge on any atom is 0.138 e.